The Kier molecular flexibility index (Phi) is 6.37. The van der Waals surface area contributed by atoms with Crippen LogP contribution in [-0.4, -0.2) is 25.4 Å². The van der Waals surface area contributed by atoms with Gasteiger partial charge in [0.05, 0.1) is 4.90 Å². The molecule has 30 heavy (non-hydrogen) atoms. The fourth-order valence-corrected chi connectivity index (χ4v) is 3.69. The lowest BCUT2D eigenvalue weighted by atomic mass is 10.1. The van der Waals surface area contributed by atoms with Gasteiger partial charge in [-0.15, -0.1) is 0 Å². The third-order valence-electron chi connectivity index (χ3n) is 4.56. The Bertz CT molecular complexity index is 1130. The first-order valence-electron chi connectivity index (χ1n) is 9.34. The van der Waals surface area contributed by atoms with Crippen LogP contribution < -0.4 is 14.8 Å². The molecule has 1 heterocycles. The van der Waals surface area contributed by atoms with Crippen molar-refractivity contribution in [1.29, 1.82) is 0 Å². The third-order valence-corrected chi connectivity index (χ3v) is 5.93. The Hall–Kier alpha value is -3.39. The average Bonchev–Trinajstić information content (AvgIpc) is 2.72. The first kappa shape index (κ1) is 21.3. The van der Waals surface area contributed by atoms with Gasteiger partial charge in [-0.3, -0.25) is 9.52 Å². The van der Waals surface area contributed by atoms with Gasteiger partial charge in [0.15, 0.2) is 6.10 Å². The number of nitrogens with one attached hydrogen (secondary N) is 2. The average molecular weight is 426 g/mol. The Balaban J connectivity index is 1.64. The molecular weight excluding hydrogens is 402 g/mol. The number of nitrogens with zero attached hydrogens (tertiary/aromatic N) is 1. The maximum Gasteiger partial charge on any atom is 0.265 e. The minimum absolute atomic E-state index is 0.0610. The number of aryl methyl sites for hydroxylation is 1. The molecule has 8 heteroatoms. The van der Waals surface area contributed by atoms with Gasteiger partial charge in [-0.25, -0.2) is 13.4 Å². The first-order chi connectivity index (χ1) is 14.3. The quantitative estimate of drug-likeness (QED) is 0.598. The van der Waals surface area contributed by atoms with Crippen molar-refractivity contribution >= 4 is 27.4 Å². The van der Waals surface area contributed by atoms with E-state index in [1.807, 2.05) is 32.0 Å². The molecule has 7 nitrogen and oxygen atoms in total. The highest BCUT2D eigenvalue weighted by Crippen LogP contribution is 2.22. The van der Waals surface area contributed by atoms with Crippen LogP contribution in [0, 0.1) is 13.8 Å². The fourth-order valence-electron chi connectivity index (χ4n) is 2.68. The number of amides is 1. The highest BCUT2D eigenvalue weighted by Gasteiger charge is 2.18. The van der Waals surface area contributed by atoms with E-state index in [9.17, 15) is 13.2 Å². The van der Waals surface area contributed by atoms with Gasteiger partial charge in [0, 0.05) is 11.9 Å². The number of sulfonamides is 1. The molecule has 0 radical (unpaired) electrons. The van der Waals surface area contributed by atoms with Crippen molar-refractivity contribution in [3.05, 3.63) is 78.0 Å². The number of hydrogen-bond acceptors (Lipinski definition) is 5. The van der Waals surface area contributed by atoms with Crippen molar-refractivity contribution < 1.29 is 17.9 Å². The third kappa shape index (κ3) is 5.15. The zero-order chi connectivity index (χ0) is 21.7. The second kappa shape index (κ2) is 8.96. The maximum atomic E-state index is 12.5. The summed E-state index contributed by atoms with van der Waals surface area (Å²) in [6.45, 7) is 5.57. The topological polar surface area (TPSA) is 97.4 Å². The van der Waals surface area contributed by atoms with E-state index in [1.54, 1.807) is 25.1 Å². The van der Waals surface area contributed by atoms with E-state index in [-0.39, 0.29) is 16.6 Å². The van der Waals surface area contributed by atoms with Gasteiger partial charge >= 0.3 is 0 Å². The molecule has 3 rings (SSSR count). The van der Waals surface area contributed by atoms with Crippen molar-refractivity contribution in [1.82, 2.24) is 4.98 Å². The Morgan fingerprint density at radius 1 is 1.00 bits per heavy atom. The highest BCUT2D eigenvalue weighted by molar-refractivity contribution is 7.92. The molecule has 0 aliphatic heterocycles. The number of carbonyl (C=O) groups is 1. The predicted octanol–water partition coefficient (Wildman–Crippen LogP) is 3.91. The second-order valence-corrected chi connectivity index (χ2v) is 8.47. The van der Waals surface area contributed by atoms with Crippen LogP contribution in [0.3, 0.4) is 0 Å². The summed E-state index contributed by atoms with van der Waals surface area (Å²) in [5, 5.41) is 2.73. The van der Waals surface area contributed by atoms with Gasteiger partial charge in [0.25, 0.3) is 15.9 Å². The smallest absolute Gasteiger partial charge is 0.265 e. The summed E-state index contributed by atoms with van der Waals surface area (Å²) in [5.41, 5.74) is 2.52. The number of hydrogen-bond donors (Lipinski definition) is 2. The largest absolute Gasteiger partial charge is 0.481 e. The predicted molar refractivity (Wildman–Crippen MR) is 116 cm³/mol. The van der Waals surface area contributed by atoms with Crippen LogP contribution in [0.5, 0.6) is 5.75 Å². The van der Waals surface area contributed by atoms with Crippen LogP contribution in [0.15, 0.2) is 71.8 Å². The van der Waals surface area contributed by atoms with Crippen molar-refractivity contribution in [2.75, 3.05) is 10.0 Å². The molecular formula is C22H23N3O4S. The van der Waals surface area contributed by atoms with Gasteiger partial charge < -0.3 is 10.1 Å². The standard InChI is InChI=1S/C22H23N3O4S/c1-15-7-6-8-20(16(15)2)29-17(3)22(26)24-18-10-12-19(13-11-18)30(27,28)25-21-9-4-5-14-23-21/h4-14,17H,1-3H3,(H,23,25)(H,24,26). The molecule has 1 atom stereocenters. The molecule has 0 spiro atoms. The van der Waals surface area contributed by atoms with Crippen molar-refractivity contribution in [3.63, 3.8) is 0 Å². The van der Waals surface area contributed by atoms with Crippen molar-refractivity contribution in [3.8, 4) is 5.75 Å². The molecule has 0 fully saturated rings. The summed E-state index contributed by atoms with van der Waals surface area (Å²) < 4.78 is 33.1. The summed E-state index contributed by atoms with van der Waals surface area (Å²) in [6.07, 6.45) is 0.776. The molecule has 0 aliphatic carbocycles. The zero-order valence-corrected chi connectivity index (χ0v) is 17.7. The lowest BCUT2D eigenvalue weighted by Gasteiger charge is -2.17. The van der Waals surface area contributed by atoms with Gasteiger partial charge in [-0.2, -0.15) is 0 Å². The summed E-state index contributed by atoms with van der Waals surface area (Å²) in [4.78, 5) is 16.5. The lowest BCUT2D eigenvalue weighted by molar-refractivity contribution is -0.122. The zero-order valence-electron chi connectivity index (χ0n) is 16.9. The van der Waals surface area contributed by atoms with Gasteiger partial charge in [0.2, 0.25) is 0 Å². The minimum atomic E-state index is -3.77. The number of benzene rings is 2. The van der Waals surface area contributed by atoms with E-state index >= 15 is 0 Å². The molecule has 1 amide bonds. The molecule has 0 aliphatic rings. The van der Waals surface area contributed by atoms with Crippen LogP contribution in [0.2, 0.25) is 0 Å². The Labute approximate surface area is 176 Å². The number of aromatic nitrogens is 1. The molecule has 2 N–H and O–H groups in total. The summed E-state index contributed by atoms with van der Waals surface area (Å²) in [7, 11) is -3.77. The van der Waals surface area contributed by atoms with Gasteiger partial charge in [-0.1, -0.05) is 18.2 Å². The molecule has 2 aromatic carbocycles. The number of rotatable bonds is 7. The van der Waals surface area contributed by atoms with E-state index < -0.39 is 16.1 Å². The van der Waals surface area contributed by atoms with Crippen molar-refractivity contribution in [2.45, 2.75) is 31.8 Å². The summed E-state index contributed by atoms with van der Waals surface area (Å²) in [5.74, 6) is 0.546. The molecule has 1 aromatic heterocycles. The lowest BCUT2D eigenvalue weighted by Crippen LogP contribution is -2.30. The maximum absolute atomic E-state index is 12.5. The van der Waals surface area contributed by atoms with E-state index in [2.05, 4.69) is 15.0 Å². The van der Waals surface area contributed by atoms with Gasteiger partial charge in [-0.05, 0) is 74.4 Å². The number of ether oxygens (including phenoxy) is 1. The Morgan fingerprint density at radius 2 is 1.73 bits per heavy atom. The van der Waals surface area contributed by atoms with Crippen molar-refractivity contribution in [2.24, 2.45) is 0 Å². The molecule has 156 valence electrons. The van der Waals surface area contributed by atoms with Crippen LogP contribution in [0.25, 0.3) is 0 Å². The fraction of sp³-hybridized carbons (Fsp3) is 0.182. The number of anilines is 2. The van der Waals surface area contributed by atoms with Crippen LogP contribution in [0.1, 0.15) is 18.1 Å². The second-order valence-electron chi connectivity index (χ2n) is 6.79. The monoisotopic (exact) mass is 425 g/mol. The van der Waals surface area contributed by atoms with E-state index in [0.717, 1.165) is 11.1 Å². The van der Waals surface area contributed by atoms with E-state index in [4.69, 9.17) is 4.74 Å². The molecule has 0 saturated heterocycles. The van der Waals surface area contributed by atoms with Crippen LogP contribution in [0.4, 0.5) is 11.5 Å². The van der Waals surface area contributed by atoms with E-state index in [0.29, 0.717) is 11.4 Å². The molecule has 1 unspecified atom stereocenters. The van der Waals surface area contributed by atoms with Crippen LogP contribution >= 0.6 is 0 Å². The first-order valence-corrected chi connectivity index (χ1v) is 10.8. The Morgan fingerprint density at radius 3 is 2.40 bits per heavy atom. The summed E-state index contributed by atoms with van der Waals surface area (Å²) in [6, 6.07) is 16.5. The van der Waals surface area contributed by atoms with Gasteiger partial charge in [0.1, 0.15) is 11.6 Å². The number of carbonyl (C=O) groups excluding carboxylic acids is 1. The minimum Gasteiger partial charge on any atom is -0.481 e. The molecule has 0 saturated carbocycles. The van der Waals surface area contributed by atoms with Crippen LogP contribution in [-0.2, 0) is 14.8 Å². The summed E-state index contributed by atoms with van der Waals surface area (Å²) >= 11 is 0. The normalized spacial score (nSPS) is 12.1. The number of pyridine rings is 1. The highest BCUT2D eigenvalue weighted by atomic mass is 32.2. The SMILES string of the molecule is Cc1cccc(OC(C)C(=O)Nc2ccc(S(=O)(=O)Nc3ccccn3)cc2)c1C. The molecule has 0 bridgehead atoms. The molecule has 3 aromatic rings. The van der Waals surface area contributed by atoms with E-state index in [1.165, 1.54) is 30.5 Å².